The lowest BCUT2D eigenvalue weighted by atomic mass is 9.81. The molecule has 11 nitrogen and oxygen atoms in total. The third-order valence-electron chi connectivity index (χ3n) is 5.52. The zero-order valence-electron chi connectivity index (χ0n) is 19.8. The van der Waals surface area contributed by atoms with Crippen molar-refractivity contribution in [2.75, 3.05) is 52.6 Å². The second-order valence-corrected chi connectivity index (χ2v) is 8.19. The minimum atomic E-state index is -1.39. The van der Waals surface area contributed by atoms with E-state index < -0.39 is 18.6 Å². The van der Waals surface area contributed by atoms with E-state index in [0.29, 0.717) is 52.4 Å². The quantitative estimate of drug-likeness (QED) is 0.0677. The molecule has 1 rings (SSSR count). The molecule has 12 heteroatoms. The number of nitrogens with zero attached hydrogens (tertiary/aromatic N) is 4. The molecule has 1 aromatic carbocycles. The van der Waals surface area contributed by atoms with E-state index >= 15 is 0 Å². The number of azide groups is 1. The lowest BCUT2D eigenvalue weighted by Crippen LogP contribution is -2.50. The first-order valence-corrected chi connectivity index (χ1v) is 11.7. The molecule has 0 aliphatic heterocycles. The Bertz CT molecular complexity index is 723. The first-order chi connectivity index (χ1) is 16.4. The highest BCUT2D eigenvalue weighted by Gasteiger charge is 2.33. The number of ether oxygens (including phenoxy) is 2. The number of rotatable bonds is 21. The summed E-state index contributed by atoms with van der Waals surface area (Å²) in [5.41, 5.74) is 14.3. The van der Waals surface area contributed by atoms with Crippen molar-refractivity contribution in [1.82, 2.24) is 4.90 Å². The van der Waals surface area contributed by atoms with Crippen LogP contribution in [0.3, 0.4) is 0 Å². The van der Waals surface area contributed by atoms with Crippen LogP contribution >= 0.6 is 0 Å². The van der Waals surface area contributed by atoms with Gasteiger partial charge in [-0.25, -0.2) is 0 Å². The molecular weight excluding hydrogens is 441 g/mol. The van der Waals surface area contributed by atoms with E-state index in [1.165, 1.54) is 5.56 Å². The fraction of sp³-hybridized carbons (Fsp3) is 0.682. The maximum atomic E-state index is 11.9. The Kier molecular flexibility index (Phi) is 16.0. The zero-order chi connectivity index (χ0) is 25.1. The van der Waals surface area contributed by atoms with E-state index in [0.717, 1.165) is 13.0 Å². The average Bonchev–Trinajstić information content (AvgIpc) is 2.82. The van der Waals surface area contributed by atoms with Crippen molar-refractivity contribution >= 4 is 13.1 Å². The molecule has 1 atom stereocenters. The van der Waals surface area contributed by atoms with E-state index in [1.54, 1.807) is 0 Å². The molecule has 0 saturated heterocycles. The maximum Gasteiger partial charge on any atom is 0.451 e. The molecule has 190 valence electrons. The Morgan fingerprint density at radius 1 is 1.06 bits per heavy atom. The van der Waals surface area contributed by atoms with Gasteiger partial charge in [-0.3, -0.25) is 4.79 Å². The number of nitrogens with two attached hydrogens (primary N) is 1. The van der Waals surface area contributed by atoms with E-state index in [4.69, 9.17) is 30.8 Å². The first-order valence-electron chi connectivity index (χ1n) is 11.7. The molecular formula is C22H38BN5O6. The summed E-state index contributed by atoms with van der Waals surface area (Å²) in [6.45, 7) is 3.78. The van der Waals surface area contributed by atoms with Crippen LogP contribution in [-0.4, -0.2) is 91.3 Å². The van der Waals surface area contributed by atoms with Crippen LogP contribution in [0.15, 0.2) is 35.4 Å². The minimum Gasteiger partial charge on any atom is -0.480 e. The molecule has 0 fully saturated rings. The fourth-order valence-electron chi connectivity index (χ4n) is 3.40. The van der Waals surface area contributed by atoms with Gasteiger partial charge < -0.3 is 35.3 Å². The van der Waals surface area contributed by atoms with Gasteiger partial charge in [0.05, 0.1) is 26.4 Å². The van der Waals surface area contributed by atoms with Crippen molar-refractivity contribution in [3.05, 3.63) is 46.3 Å². The largest absolute Gasteiger partial charge is 0.480 e. The summed E-state index contributed by atoms with van der Waals surface area (Å²) in [5, 5.41) is 31.0. The first kappa shape index (κ1) is 29.9. The summed E-state index contributed by atoms with van der Waals surface area (Å²) in [7, 11) is -1.39. The summed E-state index contributed by atoms with van der Waals surface area (Å²) in [6.07, 6.45) is 2.58. The third kappa shape index (κ3) is 14.2. The average molecular weight is 479 g/mol. The molecule has 1 aromatic rings. The van der Waals surface area contributed by atoms with Crippen LogP contribution in [0.2, 0.25) is 6.32 Å². The summed E-state index contributed by atoms with van der Waals surface area (Å²) in [6, 6.07) is 10.1. The molecule has 0 radical (unpaired) electrons. The van der Waals surface area contributed by atoms with Gasteiger partial charge in [-0.15, -0.1) is 0 Å². The van der Waals surface area contributed by atoms with Crippen molar-refractivity contribution in [2.45, 2.75) is 44.0 Å². The van der Waals surface area contributed by atoms with E-state index in [-0.39, 0.29) is 25.7 Å². The predicted octanol–water partition coefficient (Wildman–Crippen LogP) is 1.69. The normalized spacial score (nSPS) is 12.8. The molecule has 0 saturated carbocycles. The smallest absolute Gasteiger partial charge is 0.451 e. The monoisotopic (exact) mass is 479 g/mol. The van der Waals surface area contributed by atoms with Crippen molar-refractivity contribution in [3.8, 4) is 0 Å². The Hall–Kier alpha value is -2.18. The SMILES string of the molecule is [N-]=[N+]=NCCOCCOCCN(CCc1ccccc1)CCC(N)(CCCCB(O)O)C(=O)O. The number of aliphatic carboxylic acids is 1. The summed E-state index contributed by atoms with van der Waals surface area (Å²) < 4.78 is 11.0. The van der Waals surface area contributed by atoms with Gasteiger partial charge in [0.2, 0.25) is 0 Å². The van der Waals surface area contributed by atoms with Crippen molar-refractivity contribution in [2.24, 2.45) is 10.8 Å². The number of hydrogen-bond acceptors (Lipinski definition) is 8. The van der Waals surface area contributed by atoms with Crippen LogP contribution in [0.25, 0.3) is 10.4 Å². The number of unbranched alkanes of at least 4 members (excludes halogenated alkanes) is 1. The van der Waals surface area contributed by atoms with Crippen LogP contribution in [0, 0.1) is 0 Å². The third-order valence-corrected chi connectivity index (χ3v) is 5.52. The van der Waals surface area contributed by atoms with Gasteiger partial charge in [-0.05, 0) is 36.7 Å². The minimum absolute atomic E-state index is 0.200. The van der Waals surface area contributed by atoms with Gasteiger partial charge in [-0.2, -0.15) is 0 Å². The van der Waals surface area contributed by atoms with Gasteiger partial charge >= 0.3 is 13.1 Å². The number of hydrogen-bond donors (Lipinski definition) is 4. The van der Waals surface area contributed by atoms with Crippen LogP contribution in [-0.2, 0) is 20.7 Å². The summed E-state index contributed by atoms with van der Waals surface area (Å²) in [4.78, 5) is 16.7. The number of benzene rings is 1. The molecule has 0 aliphatic carbocycles. The van der Waals surface area contributed by atoms with Crippen molar-refractivity contribution in [1.29, 1.82) is 0 Å². The summed E-state index contributed by atoms with van der Waals surface area (Å²) in [5.74, 6) is -1.05. The van der Waals surface area contributed by atoms with Crippen LogP contribution < -0.4 is 5.73 Å². The molecule has 0 spiro atoms. The lowest BCUT2D eigenvalue weighted by molar-refractivity contribution is -0.144. The Morgan fingerprint density at radius 3 is 2.41 bits per heavy atom. The van der Waals surface area contributed by atoms with Crippen molar-refractivity contribution < 1.29 is 29.4 Å². The second-order valence-electron chi connectivity index (χ2n) is 8.19. The molecule has 0 bridgehead atoms. The highest BCUT2D eigenvalue weighted by Crippen LogP contribution is 2.18. The Morgan fingerprint density at radius 2 is 1.76 bits per heavy atom. The second kappa shape index (κ2) is 18.2. The highest BCUT2D eigenvalue weighted by molar-refractivity contribution is 6.40. The zero-order valence-corrected chi connectivity index (χ0v) is 19.8. The van der Waals surface area contributed by atoms with E-state index in [1.807, 2.05) is 18.2 Å². The van der Waals surface area contributed by atoms with Crippen molar-refractivity contribution in [3.63, 3.8) is 0 Å². The van der Waals surface area contributed by atoms with Gasteiger partial charge in [0.15, 0.2) is 0 Å². The number of carbonyl (C=O) groups is 1. The topological polar surface area (TPSA) is 174 Å². The molecule has 0 aromatic heterocycles. The van der Waals surface area contributed by atoms with E-state index in [2.05, 4.69) is 27.1 Å². The maximum absolute atomic E-state index is 11.9. The van der Waals surface area contributed by atoms with Crippen LogP contribution in [0.4, 0.5) is 0 Å². The number of carboxylic acid groups (broad SMARTS) is 1. The molecule has 5 N–H and O–H groups in total. The number of carboxylic acids is 1. The van der Waals surface area contributed by atoms with E-state index in [9.17, 15) is 9.90 Å². The predicted molar refractivity (Wildman–Crippen MR) is 130 cm³/mol. The lowest BCUT2D eigenvalue weighted by Gasteiger charge is -2.29. The molecule has 1 unspecified atom stereocenters. The van der Waals surface area contributed by atoms with Crippen LogP contribution in [0.5, 0.6) is 0 Å². The molecule has 0 aliphatic rings. The van der Waals surface area contributed by atoms with Gasteiger partial charge in [0.25, 0.3) is 0 Å². The van der Waals surface area contributed by atoms with Gasteiger partial charge in [0.1, 0.15) is 5.54 Å². The Labute approximate surface area is 201 Å². The standard InChI is InChI=1S/C22H38BN5O6/c24-22(21(29)30,9-4-5-11-23(31)32)10-14-28(13-8-20-6-2-1-3-7-20)15-17-34-19-18-33-16-12-26-27-25/h1-3,6-7,31-32H,4-5,8-19,24H2,(H,29,30). The van der Waals surface area contributed by atoms with Gasteiger partial charge in [0, 0.05) is 31.1 Å². The molecule has 0 amide bonds. The summed E-state index contributed by atoms with van der Waals surface area (Å²) >= 11 is 0. The van der Waals surface area contributed by atoms with Gasteiger partial charge in [-0.1, -0.05) is 48.3 Å². The highest BCUT2D eigenvalue weighted by atomic mass is 16.5. The van der Waals surface area contributed by atoms with Crippen LogP contribution in [0.1, 0.15) is 31.2 Å². The molecule has 0 heterocycles. The Balaban J connectivity index is 2.52. The molecule has 34 heavy (non-hydrogen) atoms. The fourth-order valence-corrected chi connectivity index (χ4v) is 3.40.